The van der Waals surface area contributed by atoms with Crippen molar-refractivity contribution in [1.82, 2.24) is 15.1 Å². The summed E-state index contributed by atoms with van der Waals surface area (Å²) < 4.78 is 0. The summed E-state index contributed by atoms with van der Waals surface area (Å²) in [4.78, 5) is 27.1. The normalized spacial score (nSPS) is 17.5. The highest BCUT2D eigenvalue weighted by molar-refractivity contribution is 6.35. The largest absolute Gasteiger partial charge is 0.344 e. The maximum atomic E-state index is 11.8. The SMILES string of the molecule is C=CCNC(=O)C(=O)N(C)C1CCN(C)CC1. The molecule has 0 atom stereocenters. The predicted octanol–water partition coefficient (Wildman–Crippen LogP) is -0.159. The third-order valence-electron chi connectivity index (χ3n) is 3.16. The van der Waals surface area contributed by atoms with Crippen LogP contribution in [-0.4, -0.2) is 61.4 Å². The molecule has 5 nitrogen and oxygen atoms in total. The molecule has 1 N–H and O–H groups in total. The van der Waals surface area contributed by atoms with Crippen LogP contribution in [0.25, 0.3) is 0 Å². The van der Waals surface area contributed by atoms with Gasteiger partial charge in [-0.1, -0.05) is 6.08 Å². The van der Waals surface area contributed by atoms with E-state index in [0.717, 1.165) is 25.9 Å². The van der Waals surface area contributed by atoms with Gasteiger partial charge < -0.3 is 15.1 Å². The number of nitrogens with zero attached hydrogens (tertiary/aromatic N) is 2. The number of nitrogens with one attached hydrogen (secondary N) is 1. The van der Waals surface area contributed by atoms with Gasteiger partial charge >= 0.3 is 11.8 Å². The van der Waals surface area contributed by atoms with E-state index in [1.807, 2.05) is 0 Å². The number of likely N-dealkylation sites (N-methyl/N-ethyl adjacent to an activating group) is 1. The van der Waals surface area contributed by atoms with Crippen molar-refractivity contribution in [3.63, 3.8) is 0 Å². The molecule has 2 amide bonds. The van der Waals surface area contributed by atoms with Crippen LogP contribution < -0.4 is 5.32 Å². The van der Waals surface area contributed by atoms with Crippen LogP contribution in [0.3, 0.4) is 0 Å². The fourth-order valence-electron chi connectivity index (χ4n) is 1.95. The molecule has 5 heteroatoms. The fraction of sp³-hybridized carbons (Fsp3) is 0.667. The van der Waals surface area contributed by atoms with Crippen LogP contribution in [0.2, 0.25) is 0 Å². The molecule has 0 spiro atoms. The molecular formula is C12H21N3O2. The Morgan fingerprint density at radius 1 is 1.47 bits per heavy atom. The summed E-state index contributed by atoms with van der Waals surface area (Å²) in [5.74, 6) is -1.01. The van der Waals surface area contributed by atoms with Crippen LogP contribution in [0.1, 0.15) is 12.8 Å². The van der Waals surface area contributed by atoms with Crippen LogP contribution in [0, 0.1) is 0 Å². The molecule has 1 aliphatic rings. The van der Waals surface area contributed by atoms with E-state index in [1.165, 1.54) is 0 Å². The summed E-state index contributed by atoms with van der Waals surface area (Å²) in [7, 11) is 3.76. The summed E-state index contributed by atoms with van der Waals surface area (Å²) in [6.45, 7) is 5.75. The standard InChI is InChI=1S/C12H21N3O2/c1-4-7-13-11(16)12(17)15(3)10-5-8-14(2)9-6-10/h4,10H,1,5-9H2,2-3H3,(H,13,16). The topological polar surface area (TPSA) is 52.7 Å². The van der Waals surface area contributed by atoms with E-state index in [2.05, 4.69) is 23.8 Å². The number of hydrogen-bond donors (Lipinski definition) is 1. The Hall–Kier alpha value is -1.36. The number of piperidine rings is 1. The van der Waals surface area contributed by atoms with E-state index in [-0.39, 0.29) is 6.04 Å². The lowest BCUT2D eigenvalue weighted by Gasteiger charge is -2.34. The van der Waals surface area contributed by atoms with Gasteiger partial charge in [0.25, 0.3) is 0 Å². The van der Waals surface area contributed by atoms with Gasteiger partial charge in [0.2, 0.25) is 0 Å². The summed E-state index contributed by atoms with van der Waals surface area (Å²) in [6, 6.07) is 0.174. The number of carbonyl (C=O) groups is 2. The van der Waals surface area contributed by atoms with Gasteiger partial charge in [-0.2, -0.15) is 0 Å². The molecule has 0 aromatic carbocycles. The van der Waals surface area contributed by atoms with Crippen molar-refractivity contribution < 1.29 is 9.59 Å². The minimum Gasteiger partial charge on any atom is -0.344 e. The number of amides is 2. The van der Waals surface area contributed by atoms with Crippen molar-refractivity contribution in [1.29, 1.82) is 0 Å². The first kappa shape index (κ1) is 13.7. The van der Waals surface area contributed by atoms with E-state index in [9.17, 15) is 9.59 Å². The van der Waals surface area contributed by atoms with Gasteiger partial charge in [0, 0.05) is 19.6 Å². The first-order chi connectivity index (χ1) is 8.06. The van der Waals surface area contributed by atoms with Crippen molar-refractivity contribution in [3.8, 4) is 0 Å². The molecule has 1 rings (SSSR count). The zero-order chi connectivity index (χ0) is 12.8. The van der Waals surface area contributed by atoms with Gasteiger partial charge in [-0.3, -0.25) is 9.59 Å². The Kier molecular flexibility index (Phi) is 5.15. The van der Waals surface area contributed by atoms with E-state index < -0.39 is 11.8 Å². The monoisotopic (exact) mass is 239 g/mol. The molecule has 17 heavy (non-hydrogen) atoms. The molecule has 0 radical (unpaired) electrons. The van der Waals surface area contributed by atoms with Crippen molar-refractivity contribution in [3.05, 3.63) is 12.7 Å². The van der Waals surface area contributed by atoms with Crippen molar-refractivity contribution in [2.24, 2.45) is 0 Å². The van der Waals surface area contributed by atoms with E-state index in [0.29, 0.717) is 6.54 Å². The Morgan fingerprint density at radius 2 is 2.06 bits per heavy atom. The summed E-state index contributed by atoms with van der Waals surface area (Å²) in [6.07, 6.45) is 3.40. The lowest BCUT2D eigenvalue weighted by Crippen LogP contribution is -2.49. The van der Waals surface area contributed by atoms with Gasteiger partial charge in [-0.15, -0.1) is 6.58 Å². The molecule has 96 valence electrons. The molecule has 0 aromatic rings. The van der Waals surface area contributed by atoms with Gasteiger partial charge in [-0.05, 0) is 33.0 Å². The smallest absolute Gasteiger partial charge is 0.311 e. The Bertz CT molecular complexity index is 296. The summed E-state index contributed by atoms with van der Waals surface area (Å²) in [5, 5.41) is 2.50. The van der Waals surface area contributed by atoms with Crippen LogP contribution >= 0.6 is 0 Å². The highest BCUT2D eigenvalue weighted by atomic mass is 16.2. The van der Waals surface area contributed by atoms with Crippen LogP contribution in [0.5, 0.6) is 0 Å². The maximum Gasteiger partial charge on any atom is 0.311 e. The molecule has 1 fully saturated rings. The van der Waals surface area contributed by atoms with E-state index in [1.54, 1.807) is 18.0 Å². The average molecular weight is 239 g/mol. The molecule has 0 saturated carbocycles. The predicted molar refractivity (Wildman–Crippen MR) is 66.5 cm³/mol. The van der Waals surface area contributed by atoms with Crippen LogP contribution in [0.15, 0.2) is 12.7 Å². The van der Waals surface area contributed by atoms with Gasteiger partial charge in [0.05, 0.1) is 0 Å². The second-order valence-corrected chi connectivity index (χ2v) is 4.45. The van der Waals surface area contributed by atoms with Gasteiger partial charge in [0.15, 0.2) is 0 Å². The number of rotatable bonds is 3. The fourth-order valence-corrected chi connectivity index (χ4v) is 1.95. The van der Waals surface area contributed by atoms with Crippen LogP contribution in [0.4, 0.5) is 0 Å². The Labute approximate surface area is 102 Å². The first-order valence-electron chi connectivity index (χ1n) is 5.90. The molecular weight excluding hydrogens is 218 g/mol. The van der Waals surface area contributed by atoms with Crippen molar-refractivity contribution >= 4 is 11.8 Å². The lowest BCUT2D eigenvalue weighted by atomic mass is 10.0. The molecule has 1 heterocycles. The highest BCUT2D eigenvalue weighted by Gasteiger charge is 2.27. The zero-order valence-electron chi connectivity index (χ0n) is 10.6. The number of likely N-dealkylation sites (tertiary alicyclic amines) is 1. The number of hydrogen-bond acceptors (Lipinski definition) is 3. The molecule has 0 unspecified atom stereocenters. The molecule has 1 aliphatic heterocycles. The third kappa shape index (κ3) is 3.85. The Morgan fingerprint density at radius 3 is 2.59 bits per heavy atom. The maximum absolute atomic E-state index is 11.8. The molecule has 0 aliphatic carbocycles. The van der Waals surface area contributed by atoms with E-state index in [4.69, 9.17) is 0 Å². The molecule has 1 saturated heterocycles. The second-order valence-electron chi connectivity index (χ2n) is 4.45. The van der Waals surface area contributed by atoms with Crippen molar-refractivity contribution in [2.75, 3.05) is 33.7 Å². The zero-order valence-corrected chi connectivity index (χ0v) is 10.6. The quantitative estimate of drug-likeness (QED) is 0.550. The number of carbonyl (C=O) groups excluding carboxylic acids is 2. The molecule has 0 aromatic heterocycles. The van der Waals surface area contributed by atoms with E-state index >= 15 is 0 Å². The Balaban J connectivity index is 2.45. The second kappa shape index (κ2) is 6.39. The third-order valence-corrected chi connectivity index (χ3v) is 3.16. The van der Waals surface area contributed by atoms with Gasteiger partial charge in [-0.25, -0.2) is 0 Å². The first-order valence-corrected chi connectivity index (χ1v) is 5.90. The van der Waals surface area contributed by atoms with Gasteiger partial charge in [0.1, 0.15) is 0 Å². The highest BCUT2D eigenvalue weighted by Crippen LogP contribution is 2.14. The summed E-state index contributed by atoms with van der Waals surface area (Å²) >= 11 is 0. The minimum absolute atomic E-state index is 0.174. The average Bonchev–Trinajstić information content (AvgIpc) is 2.35. The summed E-state index contributed by atoms with van der Waals surface area (Å²) in [5.41, 5.74) is 0. The molecule has 0 bridgehead atoms. The van der Waals surface area contributed by atoms with Crippen molar-refractivity contribution in [2.45, 2.75) is 18.9 Å². The van der Waals surface area contributed by atoms with Crippen LogP contribution in [-0.2, 0) is 9.59 Å². The minimum atomic E-state index is -0.550. The lowest BCUT2D eigenvalue weighted by molar-refractivity contribution is -0.146.